The number of carbonyl (C=O) groups is 1. The molecule has 0 spiro atoms. The summed E-state index contributed by atoms with van der Waals surface area (Å²) in [6.45, 7) is 5.08. The van der Waals surface area contributed by atoms with Crippen LogP contribution in [0.25, 0.3) is 0 Å². The maximum absolute atomic E-state index is 11.7. The van der Waals surface area contributed by atoms with Crippen LogP contribution >= 0.6 is 0 Å². The predicted octanol–water partition coefficient (Wildman–Crippen LogP) is 1.23. The Kier molecular flexibility index (Phi) is 3.93. The summed E-state index contributed by atoms with van der Waals surface area (Å²) in [6.07, 6.45) is 3.34. The van der Waals surface area contributed by atoms with Crippen molar-refractivity contribution in [2.24, 2.45) is 17.6 Å². The number of hydrogen-bond acceptors (Lipinski definition) is 2. The zero-order valence-electron chi connectivity index (χ0n) is 9.49. The van der Waals surface area contributed by atoms with Gasteiger partial charge in [0.25, 0.3) is 0 Å². The highest BCUT2D eigenvalue weighted by molar-refractivity contribution is 5.81. The smallest absolute Gasteiger partial charge is 0.239 e. The van der Waals surface area contributed by atoms with Gasteiger partial charge in [0.05, 0.1) is 6.04 Å². The van der Waals surface area contributed by atoms with Crippen LogP contribution < -0.4 is 5.73 Å². The summed E-state index contributed by atoms with van der Waals surface area (Å²) in [4.78, 5) is 13.5. The zero-order valence-corrected chi connectivity index (χ0v) is 9.49. The van der Waals surface area contributed by atoms with Crippen molar-refractivity contribution in [2.45, 2.75) is 39.2 Å². The number of amides is 1. The fourth-order valence-electron chi connectivity index (χ4n) is 1.67. The largest absolute Gasteiger partial charge is 0.344 e. The molecule has 82 valence electrons. The summed E-state index contributed by atoms with van der Waals surface area (Å²) in [5, 5.41) is 0. The van der Waals surface area contributed by atoms with Crippen molar-refractivity contribution < 1.29 is 4.79 Å². The first-order chi connectivity index (χ1) is 6.50. The van der Waals surface area contributed by atoms with Gasteiger partial charge in [-0.05, 0) is 31.1 Å². The summed E-state index contributed by atoms with van der Waals surface area (Å²) in [5.74, 6) is 1.34. The molecule has 3 heteroatoms. The predicted molar refractivity (Wildman–Crippen MR) is 57.8 cm³/mol. The van der Waals surface area contributed by atoms with E-state index in [1.54, 1.807) is 4.90 Å². The van der Waals surface area contributed by atoms with E-state index in [2.05, 4.69) is 13.8 Å². The summed E-state index contributed by atoms with van der Waals surface area (Å²) in [7, 11) is 1.86. The van der Waals surface area contributed by atoms with Gasteiger partial charge in [0.2, 0.25) is 5.91 Å². The van der Waals surface area contributed by atoms with Gasteiger partial charge in [-0.25, -0.2) is 0 Å². The molecule has 0 aliphatic heterocycles. The number of likely N-dealkylation sites (N-methyl/N-ethyl adjacent to an activating group) is 1. The van der Waals surface area contributed by atoms with Gasteiger partial charge in [0.1, 0.15) is 0 Å². The Balaban J connectivity index is 2.29. The molecule has 1 rings (SSSR count). The lowest BCUT2D eigenvalue weighted by Crippen LogP contribution is -2.43. The van der Waals surface area contributed by atoms with Gasteiger partial charge in [0, 0.05) is 13.6 Å². The maximum Gasteiger partial charge on any atom is 0.239 e. The monoisotopic (exact) mass is 198 g/mol. The summed E-state index contributed by atoms with van der Waals surface area (Å²) in [6, 6.07) is -0.307. The van der Waals surface area contributed by atoms with Crippen molar-refractivity contribution >= 4 is 5.91 Å². The molecular formula is C11H22N2O. The lowest BCUT2D eigenvalue weighted by Gasteiger charge is -2.22. The van der Waals surface area contributed by atoms with Crippen LogP contribution in [-0.4, -0.2) is 30.4 Å². The Bertz CT molecular complexity index is 187. The van der Waals surface area contributed by atoms with Crippen LogP contribution in [0, 0.1) is 11.8 Å². The van der Waals surface area contributed by atoms with Crippen LogP contribution in [0.15, 0.2) is 0 Å². The van der Waals surface area contributed by atoms with E-state index in [-0.39, 0.29) is 11.9 Å². The zero-order chi connectivity index (χ0) is 10.7. The molecule has 0 unspecified atom stereocenters. The van der Waals surface area contributed by atoms with E-state index in [4.69, 9.17) is 5.73 Å². The average molecular weight is 198 g/mol. The highest BCUT2D eigenvalue weighted by Crippen LogP contribution is 2.29. The molecule has 0 radical (unpaired) electrons. The van der Waals surface area contributed by atoms with Crippen LogP contribution in [0.4, 0.5) is 0 Å². The van der Waals surface area contributed by atoms with Crippen LogP contribution in [0.3, 0.4) is 0 Å². The number of nitrogens with zero attached hydrogens (tertiary/aromatic N) is 1. The summed E-state index contributed by atoms with van der Waals surface area (Å²) in [5.41, 5.74) is 5.82. The van der Waals surface area contributed by atoms with Crippen LogP contribution in [0.5, 0.6) is 0 Å². The van der Waals surface area contributed by atoms with Gasteiger partial charge in [-0.1, -0.05) is 13.8 Å². The molecule has 14 heavy (non-hydrogen) atoms. The lowest BCUT2D eigenvalue weighted by atomic mass is 10.0. The van der Waals surface area contributed by atoms with Crippen LogP contribution in [0.2, 0.25) is 0 Å². The van der Waals surface area contributed by atoms with E-state index in [9.17, 15) is 4.79 Å². The number of hydrogen-bond donors (Lipinski definition) is 1. The highest BCUT2D eigenvalue weighted by atomic mass is 16.2. The maximum atomic E-state index is 11.7. The Morgan fingerprint density at radius 3 is 2.50 bits per heavy atom. The molecule has 0 aromatic heterocycles. The first-order valence-electron chi connectivity index (χ1n) is 5.51. The molecular weight excluding hydrogens is 176 g/mol. The second-order valence-corrected chi connectivity index (χ2v) is 4.90. The van der Waals surface area contributed by atoms with Crippen LogP contribution in [0.1, 0.15) is 33.1 Å². The van der Waals surface area contributed by atoms with Crippen molar-refractivity contribution in [1.82, 2.24) is 4.90 Å². The average Bonchev–Trinajstić information content (AvgIpc) is 2.85. The van der Waals surface area contributed by atoms with E-state index in [0.29, 0.717) is 5.92 Å². The van der Waals surface area contributed by atoms with E-state index >= 15 is 0 Å². The first-order valence-corrected chi connectivity index (χ1v) is 5.51. The molecule has 1 aliphatic rings. The molecule has 0 saturated heterocycles. The van der Waals surface area contributed by atoms with E-state index in [0.717, 1.165) is 18.9 Å². The van der Waals surface area contributed by atoms with Gasteiger partial charge in [0.15, 0.2) is 0 Å². The second-order valence-electron chi connectivity index (χ2n) is 4.90. The van der Waals surface area contributed by atoms with Crippen molar-refractivity contribution in [3.05, 3.63) is 0 Å². The summed E-state index contributed by atoms with van der Waals surface area (Å²) < 4.78 is 0. The minimum absolute atomic E-state index is 0.102. The van der Waals surface area contributed by atoms with Gasteiger partial charge in [-0.2, -0.15) is 0 Å². The van der Waals surface area contributed by atoms with Crippen molar-refractivity contribution in [3.63, 3.8) is 0 Å². The highest BCUT2D eigenvalue weighted by Gasteiger charge is 2.26. The van der Waals surface area contributed by atoms with Gasteiger partial charge >= 0.3 is 0 Å². The molecule has 0 heterocycles. The molecule has 0 aromatic carbocycles. The number of nitrogens with two attached hydrogens (primary N) is 1. The van der Waals surface area contributed by atoms with E-state index < -0.39 is 0 Å². The fourth-order valence-corrected chi connectivity index (χ4v) is 1.67. The lowest BCUT2D eigenvalue weighted by molar-refractivity contribution is -0.131. The van der Waals surface area contributed by atoms with Crippen LogP contribution in [-0.2, 0) is 4.79 Å². The second kappa shape index (κ2) is 4.78. The molecule has 1 atom stereocenters. The van der Waals surface area contributed by atoms with Crippen molar-refractivity contribution in [3.8, 4) is 0 Å². The third-order valence-corrected chi connectivity index (χ3v) is 2.65. The van der Waals surface area contributed by atoms with Crippen molar-refractivity contribution in [1.29, 1.82) is 0 Å². The standard InChI is InChI=1S/C11H22N2O/c1-8(2)6-10(12)11(14)13(3)7-9-4-5-9/h8-10H,4-7,12H2,1-3H3/t10-/m0/s1. The topological polar surface area (TPSA) is 46.3 Å². The molecule has 1 saturated carbocycles. The molecule has 0 bridgehead atoms. The summed E-state index contributed by atoms with van der Waals surface area (Å²) >= 11 is 0. The third-order valence-electron chi connectivity index (χ3n) is 2.65. The molecule has 2 N–H and O–H groups in total. The number of rotatable bonds is 5. The minimum Gasteiger partial charge on any atom is -0.344 e. The Morgan fingerprint density at radius 1 is 1.50 bits per heavy atom. The van der Waals surface area contributed by atoms with Gasteiger partial charge in [-0.15, -0.1) is 0 Å². The number of carbonyl (C=O) groups excluding carboxylic acids is 1. The van der Waals surface area contributed by atoms with E-state index in [1.807, 2.05) is 7.05 Å². The van der Waals surface area contributed by atoms with Crippen molar-refractivity contribution in [2.75, 3.05) is 13.6 Å². The molecule has 1 fully saturated rings. The Labute approximate surface area is 86.6 Å². The van der Waals surface area contributed by atoms with Gasteiger partial charge in [-0.3, -0.25) is 4.79 Å². The molecule has 3 nitrogen and oxygen atoms in total. The van der Waals surface area contributed by atoms with E-state index in [1.165, 1.54) is 12.8 Å². The molecule has 1 amide bonds. The Hall–Kier alpha value is -0.570. The minimum atomic E-state index is -0.307. The first kappa shape index (κ1) is 11.5. The fraction of sp³-hybridized carbons (Fsp3) is 0.909. The third kappa shape index (κ3) is 3.66. The molecule has 0 aromatic rings. The quantitative estimate of drug-likeness (QED) is 0.722. The normalized spacial score (nSPS) is 18.4. The van der Waals surface area contributed by atoms with Gasteiger partial charge < -0.3 is 10.6 Å². The molecule has 1 aliphatic carbocycles. The SMILES string of the molecule is CC(C)C[C@H](N)C(=O)N(C)CC1CC1. The Morgan fingerprint density at radius 2 is 2.07 bits per heavy atom.